The van der Waals surface area contributed by atoms with E-state index in [4.69, 9.17) is 4.74 Å². The molecule has 1 heterocycles. The number of aryl methyl sites for hydroxylation is 1. The molecule has 25 heavy (non-hydrogen) atoms. The highest BCUT2D eigenvalue weighted by atomic mass is 16.5. The number of hydrogen-bond acceptors (Lipinski definition) is 1. The van der Waals surface area contributed by atoms with Gasteiger partial charge in [-0.2, -0.15) is 0 Å². The minimum atomic E-state index is 0.742. The third-order valence-electron chi connectivity index (χ3n) is 4.36. The van der Waals surface area contributed by atoms with E-state index < -0.39 is 0 Å². The number of para-hydroxylation sites is 1. The Morgan fingerprint density at radius 3 is 2.60 bits per heavy atom. The second kappa shape index (κ2) is 8.39. The minimum absolute atomic E-state index is 0.742. The van der Waals surface area contributed by atoms with Gasteiger partial charge >= 0.3 is 0 Å². The summed E-state index contributed by atoms with van der Waals surface area (Å²) < 4.78 is 8.07. The van der Waals surface area contributed by atoms with Crippen LogP contribution in [0.15, 0.2) is 79.4 Å². The van der Waals surface area contributed by atoms with Crippen molar-refractivity contribution in [1.82, 2.24) is 4.57 Å². The topological polar surface area (TPSA) is 14.2 Å². The van der Waals surface area contributed by atoms with Crippen molar-refractivity contribution in [3.8, 4) is 17.0 Å². The largest absolute Gasteiger partial charge is 0.494 e. The fourth-order valence-corrected chi connectivity index (χ4v) is 2.99. The molecule has 3 rings (SSSR count). The molecule has 2 nitrogen and oxygen atoms in total. The second-order valence-electron chi connectivity index (χ2n) is 6.16. The molecule has 0 aliphatic carbocycles. The van der Waals surface area contributed by atoms with Crippen LogP contribution in [0.1, 0.15) is 19.3 Å². The van der Waals surface area contributed by atoms with Crippen LogP contribution in [0.5, 0.6) is 5.75 Å². The lowest BCUT2D eigenvalue weighted by atomic mass is 10.1. The Morgan fingerprint density at radius 2 is 1.84 bits per heavy atom. The van der Waals surface area contributed by atoms with Gasteiger partial charge in [-0.1, -0.05) is 36.4 Å². The molecule has 0 saturated carbocycles. The summed E-state index contributed by atoms with van der Waals surface area (Å²) in [5.74, 6) is 0.928. The van der Waals surface area contributed by atoms with Crippen LogP contribution >= 0.6 is 0 Å². The average molecular weight is 331 g/mol. The second-order valence-corrected chi connectivity index (χ2v) is 6.16. The third kappa shape index (κ3) is 4.21. The van der Waals surface area contributed by atoms with E-state index in [1.165, 1.54) is 22.2 Å². The number of fused-ring (bicyclic) bond motifs is 1. The number of nitrogens with zero attached hydrogens (tertiary/aromatic N) is 1. The Bertz CT molecular complexity index is 855. The van der Waals surface area contributed by atoms with E-state index in [1.807, 2.05) is 6.08 Å². The van der Waals surface area contributed by atoms with Gasteiger partial charge in [-0.05, 0) is 61.2 Å². The number of ether oxygens (including phenoxy) is 1. The van der Waals surface area contributed by atoms with Crippen molar-refractivity contribution in [3.05, 3.63) is 79.4 Å². The van der Waals surface area contributed by atoms with Crippen molar-refractivity contribution >= 4 is 10.9 Å². The van der Waals surface area contributed by atoms with Gasteiger partial charge in [0.1, 0.15) is 5.75 Å². The highest BCUT2D eigenvalue weighted by molar-refractivity contribution is 5.86. The predicted molar refractivity (Wildman–Crippen MR) is 107 cm³/mol. The zero-order valence-corrected chi connectivity index (χ0v) is 14.8. The number of rotatable bonds is 8. The standard InChI is InChI=1S/C23H25NO/c1-3-4-5-6-7-10-17-25-21-15-13-19(14-16-21)23-18-20-11-8-9-12-22(20)24(23)2/h3,5-6,8-9,11-16,18H,1,4,7,10,17H2,2H3/b6-5+. The molecular weight excluding hydrogens is 306 g/mol. The van der Waals surface area contributed by atoms with Crippen molar-refractivity contribution in [2.24, 2.45) is 7.05 Å². The molecule has 0 bridgehead atoms. The van der Waals surface area contributed by atoms with Crippen molar-refractivity contribution < 1.29 is 4.74 Å². The van der Waals surface area contributed by atoms with Crippen LogP contribution in [0.2, 0.25) is 0 Å². The van der Waals surface area contributed by atoms with Crippen LogP contribution in [-0.4, -0.2) is 11.2 Å². The lowest BCUT2D eigenvalue weighted by molar-refractivity contribution is 0.312. The van der Waals surface area contributed by atoms with Crippen LogP contribution in [-0.2, 0) is 7.05 Å². The summed E-state index contributed by atoms with van der Waals surface area (Å²) in [7, 11) is 2.11. The molecule has 0 radical (unpaired) electrons. The van der Waals surface area contributed by atoms with E-state index in [-0.39, 0.29) is 0 Å². The normalized spacial score (nSPS) is 11.2. The summed E-state index contributed by atoms with van der Waals surface area (Å²) in [6.45, 7) is 4.45. The fraction of sp³-hybridized carbons (Fsp3) is 0.217. The van der Waals surface area contributed by atoms with E-state index >= 15 is 0 Å². The summed E-state index contributed by atoms with van der Waals surface area (Å²) >= 11 is 0. The maximum absolute atomic E-state index is 5.83. The molecule has 0 aliphatic rings. The van der Waals surface area contributed by atoms with Gasteiger partial charge in [-0.15, -0.1) is 6.58 Å². The van der Waals surface area contributed by atoms with Gasteiger partial charge in [0.15, 0.2) is 0 Å². The zero-order valence-electron chi connectivity index (χ0n) is 14.8. The molecule has 2 heteroatoms. The summed E-state index contributed by atoms with van der Waals surface area (Å²) in [4.78, 5) is 0. The summed E-state index contributed by atoms with van der Waals surface area (Å²) in [5, 5.41) is 1.27. The van der Waals surface area contributed by atoms with E-state index in [1.54, 1.807) is 0 Å². The first-order valence-electron chi connectivity index (χ1n) is 8.83. The number of aromatic nitrogens is 1. The van der Waals surface area contributed by atoms with E-state index in [0.717, 1.165) is 31.6 Å². The Hall–Kier alpha value is -2.74. The predicted octanol–water partition coefficient (Wildman–Crippen LogP) is 6.14. The highest BCUT2D eigenvalue weighted by Gasteiger charge is 2.07. The summed E-state index contributed by atoms with van der Waals surface area (Å²) in [6, 6.07) is 19.1. The molecule has 128 valence electrons. The smallest absolute Gasteiger partial charge is 0.119 e. The highest BCUT2D eigenvalue weighted by Crippen LogP contribution is 2.28. The van der Waals surface area contributed by atoms with E-state index in [9.17, 15) is 0 Å². The third-order valence-corrected chi connectivity index (χ3v) is 4.36. The van der Waals surface area contributed by atoms with Gasteiger partial charge < -0.3 is 9.30 Å². The van der Waals surface area contributed by atoms with Crippen LogP contribution in [0, 0.1) is 0 Å². The van der Waals surface area contributed by atoms with E-state index in [2.05, 4.69) is 84.9 Å². The summed E-state index contributed by atoms with van der Waals surface area (Å²) in [5.41, 5.74) is 3.68. The number of hydrogen-bond donors (Lipinski definition) is 0. The van der Waals surface area contributed by atoms with Gasteiger partial charge in [-0.25, -0.2) is 0 Å². The molecule has 0 N–H and O–H groups in total. The lowest BCUT2D eigenvalue weighted by Crippen LogP contribution is -1.96. The van der Waals surface area contributed by atoms with Gasteiger partial charge in [0.2, 0.25) is 0 Å². The minimum Gasteiger partial charge on any atom is -0.494 e. The number of allylic oxidation sites excluding steroid dienone is 3. The molecule has 3 aromatic rings. The van der Waals surface area contributed by atoms with Crippen molar-refractivity contribution in [2.45, 2.75) is 19.3 Å². The molecule has 0 fully saturated rings. The molecule has 0 aliphatic heterocycles. The van der Waals surface area contributed by atoms with Crippen LogP contribution in [0.3, 0.4) is 0 Å². The van der Waals surface area contributed by atoms with Crippen molar-refractivity contribution in [1.29, 1.82) is 0 Å². The molecule has 1 aromatic heterocycles. The number of unbranched alkanes of at least 4 members (excludes halogenated alkanes) is 1. The molecule has 0 atom stereocenters. The summed E-state index contributed by atoms with van der Waals surface area (Å²) in [6.07, 6.45) is 9.25. The average Bonchev–Trinajstić information content (AvgIpc) is 2.99. The zero-order chi connectivity index (χ0) is 17.5. The van der Waals surface area contributed by atoms with Crippen LogP contribution in [0.25, 0.3) is 22.2 Å². The maximum atomic E-state index is 5.83. The van der Waals surface area contributed by atoms with Crippen LogP contribution < -0.4 is 4.74 Å². The monoisotopic (exact) mass is 331 g/mol. The fourth-order valence-electron chi connectivity index (χ4n) is 2.99. The Morgan fingerprint density at radius 1 is 1.04 bits per heavy atom. The first-order valence-corrected chi connectivity index (χ1v) is 8.83. The first kappa shape index (κ1) is 17.1. The molecule has 2 aromatic carbocycles. The van der Waals surface area contributed by atoms with Gasteiger partial charge in [0.05, 0.1) is 6.61 Å². The number of benzene rings is 2. The first-order chi connectivity index (χ1) is 12.3. The molecular formula is C23H25NO. The Balaban J connectivity index is 1.60. The SMILES string of the molecule is C=CC/C=C/CCCOc1ccc(-c2cc3ccccc3n2C)cc1. The van der Waals surface area contributed by atoms with Crippen molar-refractivity contribution in [3.63, 3.8) is 0 Å². The Kier molecular flexibility index (Phi) is 5.73. The van der Waals surface area contributed by atoms with Gasteiger partial charge in [-0.3, -0.25) is 0 Å². The van der Waals surface area contributed by atoms with Gasteiger partial charge in [0, 0.05) is 23.6 Å². The van der Waals surface area contributed by atoms with Gasteiger partial charge in [0.25, 0.3) is 0 Å². The maximum Gasteiger partial charge on any atom is 0.119 e. The molecule has 0 amide bonds. The van der Waals surface area contributed by atoms with Crippen LogP contribution in [0.4, 0.5) is 0 Å². The lowest BCUT2D eigenvalue weighted by Gasteiger charge is -2.08. The molecule has 0 spiro atoms. The molecule has 0 unspecified atom stereocenters. The quantitative estimate of drug-likeness (QED) is 0.357. The van der Waals surface area contributed by atoms with E-state index in [0.29, 0.717) is 0 Å². The Labute approximate surface area is 150 Å². The van der Waals surface area contributed by atoms with Crippen molar-refractivity contribution in [2.75, 3.05) is 6.61 Å². The molecule has 0 saturated heterocycles.